The number of carbonyl (C=O) groups excluding carboxylic acids is 1. The number of primary amides is 1. The highest BCUT2D eigenvalue weighted by Gasteiger charge is 2.50. The summed E-state index contributed by atoms with van der Waals surface area (Å²) in [5.74, 6) is 1.68. The number of nitrogens with zero attached hydrogens (tertiary/aromatic N) is 1. The molecule has 80 valence electrons. The van der Waals surface area contributed by atoms with Crippen molar-refractivity contribution in [3.63, 3.8) is 0 Å². The van der Waals surface area contributed by atoms with Crippen molar-refractivity contribution in [3.8, 4) is 0 Å². The molecule has 3 aliphatic rings. The van der Waals surface area contributed by atoms with E-state index in [-0.39, 0.29) is 18.4 Å². The van der Waals surface area contributed by atoms with Gasteiger partial charge in [0.2, 0.25) is 0 Å². The molecular weight excluding hydrogens is 200 g/mol. The Labute approximate surface area is 90.4 Å². The lowest BCUT2D eigenvalue weighted by Gasteiger charge is -2.32. The summed E-state index contributed by atoms with van der Waals surface area (Å²) in [4.78, 5) is 13.3. The van der Waals surface area contributed by atoms with Crippen LogP contribution in [0.15, 0.2) is 0 Å². The maximum absolute atomic E-state index is 11.3. The van der Waals surface area contributed by atoms with Gasteiger partial charge in [0.25, 0.3) is 0 Å². The molecule has 2 amide bonds. The van der Waals surface area contributed by atoms with Gasteiger partial charge in [0.15, 0.2) is 0 Å². The number of hydrogen-bond donors (Lipinski definition) is 1. The molecule has 1 aliphatic heterocycles. The molecule has 4 heteroatoms. The summed E-state index contributed by atoms with van der Waals surface area (Å²) >= 11 is 0. The highest BCUT2D eigenvalue weighted by atomic mass is 35.5. The van der Waals surface area contributed by atoms with Gasteiger partial charge in [0, 0.05) is 12.1 Å². The summed E-state index contributed by atoms with van der Waals surface area (Å²) in [6, 6.07) is 0.815. The fourth-order valence-corrected chi connectivity index (χ4v) is 3.85. The van der Waals surface area contributed by atoms with Crippen LogP contribution in [0.5, 0.6) is 0 Å². The van der Waals surface area contributed by atoms with E-state index in [1.807, 2.05) is 4.90 Å². The third kappa shape index (κ3) is 1.22. The van der Waals surface area contributed by atoms with Crippen LogP contribution in [0.1, 0.15) is 32.1 Å². The molecule has 0 aromatic rings. The van der Waals surface area contributed by atoms with Crippen LogP contribution < -0.4 is 5.73 Å². The molecule has 0 aromatic heterocycles. The van der Waals surface area contributed by atoms with E-state index < -0.39 is 0 Å². The van der Waals surface area contributed by atoms with Crippen LogP contribution in [0, 0.1) is 11.8 Å². The Morgan fingerprint density at radius 1 is 1.21 bits per heavy atom. The molecule has 14 heavy (non-hydrogen) atoms. The van der Waals surface area contributed by atoms with E-state index >= 15 is 0 Å². The molecule has 3 fully saturated rings. The number of rotatable bonds is 0. The first kappa shape index (κ1) is 10.1. The first-order valence-electron chi connectivity index (χ1n) is 5.33. The van der Waals surface area contributed by atoms with Crippen LogP contribution in [0.4, 0.5) is 4.79 Å². The van der Waals surface area contributed by atoms with Gasteiger partial charge in [-0.2, -0.15) is 0 Å². The predicted octanol–water partition coefficient (Wildman–Crippen LogP) is 1.75. The number of nitrogens with two attached hydrogens (primary N) is 1. The van der Waals surface area contributed by atoms with Crippen molar-refractivity contribution in [2.75, 3.05) is 0 Å². The minimum atomic E-state index is -0.181. The zero-order valence-corrected chi connectivity index (χ0v) is 9.00. The molecule has 0 radical (unpaired) electrons. The second-order valence-electron chi connectivity index (χ2n) is 4.88. The zero-order valence-electron chi connectivity index (χ0n) is 8.19. The average Bonchev–Trinajstić information content (AvgIpc) is 2.23. The van der Waals surface area contributed by atoms with E-state index in [1.165, 1.54) is 32.1 Å². The van der Waals surface area contributed by atoms with E-state index in [0.717, 1.165) is 11.8 Å². The maximum Gasteiger partial charge on any atom is 0.315 e. The second-order valence-corrected chi connectivity index (χ2v) is 4.88. The molecule has 4 unspecified atom stereocenters. The number of carbonyl (C=O) groups is 1. The third-order valence-corrected chi connectivity index (χ3v) is 4.24. The quantitative estimate of drug-likeness (QED) is 0.659. The molecule has 1 saturated heterocycles. The SMILES string of the molecule is Cl.NC(=O)N1C2CC3CCC1C(C3)C2. The Balaban J connectivity index is 0.000000750. The van der Waals surface area contributed by atoms with Crippen molar-refractivity contribution in [2.24, 2.45) is 17.6 Å². The van der Waals surface area contributed by atoms with Crippen LogP contribution in [0.25, 0.3) is 0 Å². The standard InChI is InChI=1S/C10H16N2O.ClH/c11-10(13)12-8-4-6-1-2-9(12)7(3-6)5-8;/h6-9H,1-5H2,(H2,11,13);1H. The Hall–Kier alpha value is -0.440. The lowest BCUT2D eigenvalue weighted by atomic mass is 9.72. The number of hydrogen-bond acceptors (Lipinski definition) is 1. The average molecular weight is 217 g/mol. The molecule has 3 nitrogen and oxygen atoms in total. The molecule has 0 aromatic carbocycles. The molecule has 3 bridgehead atoms. The minimum absolute atomic E-state index is 0. The summed E-state index contributed by atoms with van der Waals surface area (Å²) in [7, 11) is 0. The molecule has 0 spiro atoms. The van der Waals surface area contributed by atoms with Gasteiger partial charge >= 0.3 is 6.03 Å². The van der Waals surface area contributed by atoms with Crippen molar-refractivity contribution in [1.82, 2.24) is 4.90 Å². The summed E-state index contributed by atoms with van der Waals surface area (Å²) in [6.07, 6.45) is 6.32. The molecule has 4 atom stereocenters. The predicted molar refractivity (Wildman–Crippen MR) is 56.3 cm³/mol. The Bertz CT molecular complexity index is 259. The third-order valence-electron chi connectivity index (χ3n) is 4.24. The Morgan fingerprint density at radius 2 is 2.00 bits per heavy atom. The van der Waals surface area contributed by atoms with Crippen molar-refractivity contribution < 1.29 is 4.79 Å². The summed E-state index contributed by atoms with van der Waals surface area (Å²) in [6.45, 7) is 0. The van der Waals surface area contributed by atoms with Gasteiger partial charge in [-0.3, -0.25) is 0 Å². The first-order valence-corrected chi connectivity index (χ1v) is 5.33. The second kappa shape index (κ2) is 3.30. The lowest BCUT2D eigenvalue weighted by molar-refractivity contribution is 0.176. The number of urea groups is 1. The highest BCUT2D eigenvalue weighted by molar-refractivity contribution is 5.85. The van der Waals surface area contributed by atoms with Gasteiger partial charge in [0.1, 0.15) is 0 Å². The van der Waals surface area contributed by atoms with Gasteiger partial charge in [-0.1, -0.05) is 0 Å². The number of fused-ring (bicyclic) bond motifs is 2. The van der Waals surface area contributed by atoms with Gasteiger partial charge in [-0.05, 0) is 43.9 Å². The smallest absolute Gasteiger partial charge is 0.315 e. The van der Waals surface area contributed by atoms with Crippen molar-refractivity contribution in [2.45, 2.75) is 44.2 Å². The largest absolute Gasteiger partial charge is 0.351 e. The van der Waals surface area contributed by atoms with Crippen LogP contribution >= 0.6 is 12.4 Å². The molecule has 2 saturated carbocycles. The van der Waals surface area contributed by atoms with E-state index in [2.05, 4.69) is 0 Å². The lowest BCUT2D eigenvalue weighted by Crippen LogP contribution is -2.44. The number of likely N-dealkylation sites (tertiary alicyclic amines) is 1. The first-order chi connectivity index (χ1) is 6.25. The minimum Gasteiger partial charge on any atom is -0.351 e. The normalized spacial score (nSPS) is 43.6. The fraction of sp³-hybridized carbons (Fsp3) is 0.900. The van der Waals surface area contributed by atoms with Crippen LogP contribution in [0.3, 0.4) is 0 Å². The van der Waals surface area contributed by atoms with E-state index in [9.17, 15) is 4.79 Å². The van der Waals surface area contributed by atoms with E-state index in [0.29, 0.717) is 12.1 Å². The maximum atomic E-state index is 11.3. The molecule has 3 rings (SSSR count). The monoisotopic (exact) mass is 216 g/mol. The van der Waals surface area contributed by atoms with Crippen LogP contribution in [-0.4, -0.2) is 23.0 Å². The molecule has 2 aliphatic carbocycles. The number of amides is 2. The van der Waals surface area contributed by atoms with Gasteiger partial charge in [-0.15, -0.1) is 12.4 Å². The van der Waals surface area contributed by atoms with Gasteiger partial charge in [-0.25, -0.2) is 4.79 Å². The Kier molecular flexibility index (Phi) is 2.38. The topological polar surface area (TPSA) is 46.3 Å². The van der Waals surface area contributed by atoms with Crippen molar-refractivity contribution in [3.05, 3.63) is 0 Å². The number of halogens is 1. The zero-order chi connectivity index (χ0) is 9.00. The summed E-state index contributed by atoms with van der Waals surface area (Å²) < 4.78 is 0. The molecule has 2 N–H and O–H groups in total. The van der Waals surface area contributed by atoms with E-state index in [1.54, 1.807) is 0 Å². The van der Waals surface area contributed by atoms with Crippen molar-refractivity contribution >= 4 is 18.4 Å². The highest BCUT2D eigenvalue weighted by Crippen LogP contribution is 2.49. The van der Waals surface area contributed by atoms with Crippen molar-refractivity contribution in [1.29, 1.82) is 0 Å². The fourth-order valence-electron chi connectivity index (χ4n) is 3.85. The summed E-state index contributed by atoms with van der Waals surface area (Å²) in [5.41, 5.74) is 5.43. The van der Waals surface area contributed by atoms with Gasteiger partial charge < -0.3 is 10.6 Å². The molecular formula is C10H17ClN2O. The van der Waals surface area contributed by atoms with Crippen LogP contribution in [-0.2, 0) is 0 Å². The Morgan fingerprint density at radius 3 is 2.71 bits per heavy atom. The molecule has 1 heterocycles. The van der Waals surface area contributed by atoms with Crippen LogP contribution in [0.2, 0.25) is 0 Å². The summed E-state index contributed by atoms with van der Waals surface area (Å²) in [5, 5.41) is 0. The van der Waals surface area contributed by atoms with E-state index in [4.69, 9.17) is 5.73 Å². The van der Waals surface area contributed by atoms with Gasteiger partial charge in [0.05, 0.1) is 0 Å².